The predicted octanol–water partition coefficient (Wildman–Crippen LogP) is 4.96. The zero-order chi connectivity index (χ0) is 21.2. The molecule has 5 nitrogen and oxygen atoms in total. The number of methoxy groups -OCH3 is 1. The van der Waals surface area contributed by atoms with Gasteiger partial charge >= 0.3 is 0 Å². The van der Waals surface area contributed by atoms with E-state index in [1.165, 1.54) is 11.3 Å². The lowest BCUT2D eigenvalue weighted by atomic mass is 9.79. The van der Waals surface area contributed by atoms with Crippen molar-refractivity contribution in [2.24, 2.45) is 5.10 Å². The Bertz CT molecular complexity index is 918. The zero-order valence-electron chi connectivity index (χ0n) is 18.2. The van der Waals surface area contributed by atoms with Gasteiger partial charge in [-0.3, -0.25) is 4.79 Å². The minimum Gasteiger partial charge on any atom is -0.496 e. The molecular weight excluding hydrogens is 362 g/mol. The van der Waals surface area contributed by atoms with Gasteiger partial charge in [0.25, 0.3) is 5.91 Å². The van der Waals surface area contributed by atoms with Crippen LogP contribution in [0.15, 0.2) is 47.6 Å². The Hall–Kier alpha value is -2.82. The Labute approximate surface area is 173 Å². The number of fused-ring (bicyclic) bond motifs is 1. The molecule has 0 fully saturated rings. The third-order valence-corrected chi connectivity index (χ3v) is 5.55. The van der Waals surface area contributed by atoms with Crippen LogP contribution in [0.1, 0.15) is 68.4 Å². The number of benzene rings is 2. The molecule has 0 spiro atoms. The Balaban J connectivity index is 1.80. The van der Waals surface area contributed by atoms with Crippen molar-refractivity contribution in [3.63, 3.8) is 0 Å². The molecule has 0 bridgehead atoms. The second kappa shape index (κ2) is 8.27. The highest BCUT2D eigenvalue weighted by atomic mass is 16.5. The average molecular weight is 394 g/mol. The number of hydrazone groups is 1. The summed E-state index contributed by atoms with van der Waals surface area (Å²) in [5.41, 5.74) is 6.77. The average Bonchev–Trinajstić information content (AvgIpc) is 2.67. The quantitative estimate of drug-likeness (QED) is 0.577. The van der Waals surface area contributed by atoms with Crippen molar-refractivity contribution in [3.8, 4) is 5.75 Å². The van der Waals surface area contributed by atoms with Gasteiger partial charge in [0.05, 0.1) is 18.9 Å². The molecule has 1 atom stereocenters. The number of nitrogens with one attached hydrogen (secondary N) is 1. The lowest BCUT2D eigenvalue weighted by Gasteiger charge is -2.50. The van der Waals surface area contributed by atoms with E-state index >= 15 is 0 Å². The van der Waals surface area contributed by atoms with Gasteiger partial charge in [-0.05, 0) is 75.4 Å². The van der Waals surface area contributed by atoms with Gasteiger partial charge in [0.1, 0.15) is 5.75 Å². The maximum Gasteiger partial charge on any atom is 0.275 e. The SMILES string of the molecule is COc1ccccc1C(=O)N/N=C\c1ccc2c(c1)[C@H](C)CC(C)(C)N2C(C)C. The molecule has 0 aliphatic carbocycles. The van der Waals surface area contributed by atoms with E-state index < -0.39 is 0 Å². The molecule has 0 unspecified atom stereocenters. The summed E-state index contributed by atoms with van der Waals surface area (Å²) >= 11 is 0. The van der Waals surface area contributed by atoms with Crippen molar-refractivity contribution in [3.05, 3.63) is 59.2 Å². The number of para-hydroxylation sites is 1. The summed E-state index contributed by atoms with van der Waals surface area (Å²) in [7, 11) is 1.55. The Morgan fingerprint density at radius 1 is 1.28 bits per heavy atom. The summed E-state index contributed by atoms with van der Waals surface area (Å²) in [6, 6.07) is 13.9. The third-order valence-electron chi connectivity index (χ3n) is 5.55. The van der Waals surface area contributed by atoms with Crippen LogP contribution in [0.25, 0.3) is 0 Å². The van der Waals surface area contributed by atoms with Gasteiger partial charge in [-0.1, -0.05) is 25.1 Å². The molecule has 0 saturated carbocycles. The fraction of sp³-hybridized carbons (Fsp3) is 0.417. The number of hydrogen-bond acceptors (Lipinski definition) is 4. The smallest absolute Gasteiger partial charge is 0.275 e. The first-order chi connectivity index (χ1) is 13.7. The van der Waals surface area contributed by atoms with Crippen molar-refractivity contribution in [2.45, 2.75) is 58.5 Å². The van der Waals surface area contributed by atoms with Gasteiger partial charge in [-0.2, -0.15) is 5.10 Å². The molecule has 0 saturated heterocycles. The summed E-state index contributed by atoms with van der Waals surface area (Å²) in [5, 5.41) is 4.16. The Kier molecular flexibility index (Phi) is 5.96. The normalized spacial score (nSPS) is 18.0. The second-order valence-electron chi connectivity index (χ2n) is 8.60. The van der Waals surface area contributed by atoms with Crippen LogP contribution in [0.4, 0.5) is 5.69 Å². The number of carbonyl (C=O) groups is 1. The molecule has 2 aromatic carbocycles. The van der Waals surface area contributed by atoms with Crippen LogP contribution in [0.3, 0.4) is 0 Å². The first kappa shape index (κ1) is 20.9. The summed E-state index contributed by atoms with van der Waals surface area (Å²) in [4.78, 5) is 14.9. The number of hydrogen-bond donors (Lipinski definition) is 1. The van der Waals surface area contributed by atoms with Gasteiger partial charge in [-0.15, -0.1) is 0 Å². The molecule has 1 N–H and O–H groups in total. The zero-order valence-corrected chi connectivity index (χ0v) is 18.2. The van der Waals surface area contributed by atoms with E-state index in [0.717, 1.165) is 12.0 Å². The highest BCUT2D eigenvalue weighted by Gasteiger charge is 2.37. The number of nitrogens with zero attached hydrogens (tertiary/aromatic N) is 2. The summed E-state index contributed by atoms with van der Waals surface area (Å²) in [6.45, 7) is 11.4. The minimum absolute atomic E-state index is 0.124. The number of rotatable bonds is 5. The van der Waals surface area contributed by atoms with E-state index in [-0.39, 0.29) is 11.4 Å². The maximum absolute atomic E-state index is 12.4. The van der Waals surface area contributed by atoms with E-state index in [4.69, 9.17) is 4.74 Å². The topological polar surface area (TPSA) is 53.9 Å². The van der Waals surface area contributed by atoms with E-state index in [0.29, 0.717) is 23.3 Å². The van der Waals surface area contributed by atoms with E-state index in [1.54, 1.807) is 31.5 Å². The van der Waals surface area contributed by atoms with Crippen LogP contribution >= 0.6 is 0 Å². The molecule has 154 valence electrons. The van der Waals surface area contributed by atoms with E-state index in [1.807, 2.05) is 6.07 Å². The highest BCUT2D eigenvalue weighted by molar-refractivity contribution is 5.97. The largest absolute Gasteiger partial charge is 0.496 e. The number of anilines is 1. The molecule has 0 aromatic heterocycles. The molecule has 1 aliphatic rings. The van der Waals surface area contributed by atoms with Gasteiger partial charge < -0.3 is 9.64 Å². The van der Waals surface area contributed by atoms with Gasteiger partial charge in [0.2, 0.25) is 0 Å². The molecule has 1 heterocycles. The van der Waals surface area contributed by atoms with Gasteiger partial charge in [0.15, 0.2) is 0 Å². The first-order valence-electron chi connectivity index (χ1n) is 10.1. The maximum atomic E-state index is 12.4. The van der Waals surface area contributed by atoms with Crippen LogP contribution in [-0.2, 0) is 0 Å². The van der Waals surface area contributed by atoms with E-state index in [2.05, 4.69) is 68.2 Å². The van der Waals surface area contributed by atoms with Gasteiger partial charge in [-0.25, -0.2) is 5.43 Å². The van der Waals surface area contributed by atoms with Crippen molar-refractivity contribution in [1.29, 1.82) is 0 Å². The number of ether oxygens (including phenoxy) is 1. The Morgan fingerprint density at radius 3 is 2.69 bits per heavy atom. The molecule has 1 aliphatic heterocycles. The van der Waals surface area contributed by atoms with Crippen LogP contribution in [0.5, 0.6) is 5.75 Å². The lowest BCUT2D eigenvalue weighted by molar-refractivity contribution is 0.0952. The van der Waals surface area contributed by atoms with Crippen molar-refractivity contribution in [1.82, 2.24) is 5.43 Å². The van der Waals surface area contributed by atoms with Crippen molar-refractivity contribution in [2.75, 3.05) is 12.0 Å². The Morgan fingerprint density at radius 2 is 2.00 bits per heavy atom. The summed E-state index contributed by atoms with van der Waals surface area (Å²) in [5.74, 6) is 0.698. The standard InChI is InChI=1S/C24H31N3O2/c1-16(2)27-21-12-11-18(13-20(21)17(3)14-24(27,4)5)15-25-26-23(28)19-9-7-8-10-22(19)29-6/h7-13,15-17H,14H2,1-6H3,(H,26,28)/b25-15-/t17-/m1/s1. The third kappa shape index (κ3) is 4.29. The molecular formula is C24H31N3O2. The molecule has 5 heteroatoms. The van der Waals surface area contributed by atoms with Gasteiger partial charge in [0, 0.05) is 17.3 Å². The molecule has 3 rings (SSSR count). The predicted molar refractivity (Wildman–Crippen MR) is 119 cm³/mol. The number of amides is 1. The number of carbonyl (C=O) groups excluding carboxylic acids is 1. The minimum atomic E-state index is -0.294. The van der Waals surface area contributed by atoms with Crippen molar-refractivity contribution >= 4 is 17.8 Å². The highest BCUT2D eigenvalue weighted by Crippen LogP contribution is 2.44. The fourth-order valence-corrected chi connectivity index (χ4v) is 4.59. The molecule has 1 amide bonds. The van der Waals surface area contributed by atoms with Crippen LogP contribution in [0, 0.1) is 0 Å². The van der Waals surface area contributed by atoms with Crippen LogP contribution < -0.4 is 15.1 Å². The molecule has 2 aromatic rings. The summed E-state index contributed by atoms with van der Waals surface area (Å²) in [6.07, 6.45) is 2.79. The monoisotopic (exact) mass is 393 g/mol. The lowest BCUT2D eigenvalue weighted by Crippen LogP contribution is -2.51. The van der Waals surface area contributed by atoms with Crippen LogP contribution in [0.2, 0.25) is 0 Å². The second-order valence-corrected chi connectivity index (χ2v) is 8.60. The van der Waals surface area contributed by atoms with Crippen LogP contribution in [-0.4, -0.2) is 30.8 Å². The van der Waals surface area contributed by atoms with E-state index in [9.17, 15) is 4.79 Å². The first-order valence-corrected chi connectivity index (χ1v) is 10.1. The summed E-state index contributed by atoms with van der Waals surface area (Å²) < 4.78 is 5.23. The molecule has 29 heavy (non-hydrogen) atoms. The van der Waals surface area contributed by atoms with Crippen molar-refractivity contribution < 1.29 is 9.53 Å². The fourth-order valence-electron chi connectivity index (χ4n) is 4.59. The molecule has 0 radical (unpaired) electrons.